The van der Waals surface area contributed by atoms with Gasteiger partial charge in [0.25, 0.3) is 0 Å². The van der Waals surface area contributed by atoms with Gasteiger partial charge < -0.3 is 10.6 Å². The molecule has 0 spiro atoms. The van der Waals surface area contributed by atoms with E-state index in [2.05, 4.69) is 10.6 Å². The number of hydrogen-bond donors (Lipinski definition) is 2. The van der Waals surface area contributed by atoms with Gasteiger partial charge in [-0.1, -0.05) is 23.7 Å². The Labute approximate surface area is 113 Å². The highest BCUT2D eigenvalue weighted by molar-refractivity contribution is 6.30. The van der Waals surface area contributed by atoms with Crippen molar-refractivity contribution in [3.8, 4) is 0 Å². The van der Waals surface area contributed by atoms with Crippen LogP contribution in [0.15, 0.2) is 24.3 Å². The Morgan fingerprint density at radius 3 is 2.94 bits per heavy atom. The van der Waals surface area contributed by atoms with Gasteiger partial charge in [0.15, 0.2) is 0 Å². The topological polar surface area (TPSA) is 41.1 Å². The first kappa shape index (κ1) is 13.4. The van der Waals surface area contributed by atoms with Crippen LogP contribution in [0.1, 0.15) is 31.4 Å². The van der Waals surface area contributed by atoms with Gasteiger partial charge in [0, 0.05) is 17.6 Å². The molecule has 1 aromatic rings. The molecule has 2 rings (SSSR count). The van der Waals surface area contributed by atoms with Gasteiger partial charge in [-0.2, -0.15) is 0 Å². The standard InChI is InChI=1S/C14H19ClN2O/c1-10(12-3-2-4-13(15)7-12)16-9-14(18)17-8-11-5-6-11/h2-4,7,10-11,16H,5-6,8-9H2,1H3,(H,17,18)/t10-/m1/s1. The maximum absolute atomic E-state index is 11.6. The molecule has 18 heavy (non-hydrogen) atoms. The van der Waals surface area contributed by atoms with E-state index < -0.39 is 0 Å². The monoisotopic (exact) mass is 266 g/mol. The highest BCUT2D eigenvalue weighted by atomic mass is 35.5. The minimum absolute atomic E-state index is 0.0655. The SMILES string of the molecule is C[C@@H](NCC(=O)NCC1CC1)c1cccc(Cl)c1. The number of carbonyl (C=O) groups is 1. The largest absolute Gasteiger partial charge is 0.355 e. The van der Waals surface area contributed by atoms with Crippen LogP contribution in [0.3, 0.4) is 0 Å². The van der Waals surface area contributed by atoms with Crippen molar-refractivity contribution >= 4 is 17.5 Å². The van der Waals surface area contributed by atoms with Crippen LogP contribution in [-0.2, 0) is 4.79 Å². The Hall–Kier alpha value is -1.06. The first-order valence-corrected chi connectivity index (χ1v) is 6.78. The van der Waals surface area contributed by atoms with E-state index in [1.807, 2.05) is 31.2 Å². The van der Waals surface area contributed by atoms with Crippen molar-refractivity contribution in [3.63, 3.8) is 0 Å². The molecule has 0 radical (unpaired) electrons. The second-order valence-electron chi connectivity index (χ2n) is 4.91. The normalized spacial score (nSPS) is 16.3. The molecule has 98 valence electrons. The summed E-state index contributed by atoms with van der Waals surface area (Å²) in [5.41, 5.74) is 1.09. The van der Waals surface area contributed by atoms with E-state index in [-0.39, 0.29) is 11.9 Å². The summed E-state index contributed by atoms with van der Waals surface area (Å²) < 4.78 is 0. The lowest BCUT2D eigenvalue weighted by Gasteiger charge is -2.14. The molecule has 1 aromatic carbocycles. The molecule has 1 fully saturated rings. The van der Waals surface area contributed by atoms with E-state index in [4.69, 9.17) is 11.6 Å². The minimum Gasteiger partial charge on any atom is -0.355 e. The minimum atomic E-state index is 0.0655. The van der Waals surface area contributed by atoms with Gasteiger partial charge in [-0.05, 0) is 43.4 Å². The van der Waals surface area contributed by atoms with Crippen molar-refractivity contribution in [1.29, 1.82) is 0 Å². The van der Waals surface area contributed by atoms with Crippen LogP contribution in [-0.4, -0.2) is 19.0 Å². The molecule has 1 atom stereocenters. The Bertz CT molecular complexity index is 418. The molecule has 1 aliphatic rings. The number of halogens is 1. The van der Waals surface area contributed by atoms with Crippen LogP contribution in [0.25, 0.3) is 0 Å². The van der Waals surface area contributed by atoms with Crippen molar-refractivity contribution < 1.29 is 4.79 Å². The molecular weight excluding hydrogens is 248 g/mol. The molecule has 1 amide bonds. The fourth-order valence-corrected chi connectivity index (χ4v) is 1.98. The molecule has 1 saturated carbocycles. The molecule has 0 saturated heterocycles. The number of nitrogens with one attached hydrogen (secondary N) is 2. The third-order valence-corrected chi connectivity index (χ3v) is 3.44. The van der Waals surface area contributed by atoms with Crippen LogP contribution in [0.5, 0.6) is 0 Å². The van der Waals surface area contributed by atoms with Crippen LogP contribution >= 0.6 is 11.6 Å². The molecule has 0 aromatic heterocycles. The number of hydrogen-bond acceptors (Lipinski definition) is 2. The fraction of sp³-hybridized carbons (Fsp3) is 0.500. The average molecular weight is 267 g/mol. The Morgan fingerprint density at radius 2 is 2.28 bits per heavy atom. The summed E-state index contributed by atoms with van der Waals surface area (Å²) in [7, 11) is 0. The number of benzene rings is 1. The maximum Gasteiger partial charge on any atom is 0.233 e. The smallest absolute Gasteiger partial charge is 0.233 e. The lowest BCUT2D eigenvalue weighted by Crippen LogP contribution is -2.36. The van der Waals surface area contributed by atoms with Gasteiger partial charge in [0.05, 0.1) is 6.54 Å². The summed E-state index contributed by atoms with van der Waals surface area (Å²) in [5.74, 6) is 0.787. The number of carbonyl (C=O) groups excluding carboxylic acids is 1. The van der Waals surface area contributed by atoms with Gasteiger partial charge in [0.2, 0.25) is 5.91 Å². The van der Waals surface area contributed by atoms with Crippen molar-refractivity contribution in [2.75, 3.05) is 13.1 Å². The van der Waals surface area contributed by atoms with Gasteiger partial charge >= 0.3 is 0 Å². The lowest BCUT2D eigenvalue weighted by atomic mass is 10.1. The summed E-state index contributed by atoms with van der Waals surface area (Å²) in [6.07, 6.45) is 2.51. The van der Waals surface area contributed by atoms with E-state index in [0.717, 1.165) is 23.0 Å². The molecule has 1 aliphatic carbocycles. The predicted octanol–water partition coefficient (Wildman–Crippen LogP) is 2.52. The highest BCUT2D eigenvalue weighted by Gasteiger charge is 2.21. The Morgan fingerprint density at radius 1 is 1.50 bits per heavy atom. The van der Waals surface area contributed by atoms with Crippen molar-refractivity contribution in [3.05, 3.63) is 34.9 Å². The zero-order valence-corrected chi connectivity index (χ0v) is 11.3. The zero-order chi connectivity index (χ0) is 13.0. The molecule has 0 heterocycles. The van der Waals surface area contributed by atoms with Crippen LogP contribution in [0, 0.1) is 5.92 Å². The Kier molecular flexibility index (Phi) is 4.61. The van der Waals surface area contributed by atoms with Crippen molar-refractivity contribution in [2.24, 2.45) is 5.92 Å². The van der Waals surface area contributed by atoms with Gasteiger partial charge in [0.1, 0.15) is 0 Å². The molecule has 3 nitrogen and oxygen atoms in total. The predicted molar refractivity (Wildman–Crippen MR) is 73.6 cm³/mol. The molecule has 4 heteroatoms. The maximum atomic E-state index is 11.6. The summed E-state index contributed by atoms with van der Waals surface area (Å²) in [6.45, 7) is 3.20. The average Bonchev–Trinajstić information content (AvgIpc) is 3.17. The zero-order valence-electron chi connectivity index (χ0n) is 10.6. The van der Waals surface area contributed by atoms with E-state index >= 15 is 0 Å². The highest BCUT2D eigenvalue weighted by Crippen LogP contribution is 2.27. The first-order valence-electron chi connectivity index (χ1n) is 6.40. The van der Waals surface area contributed by atoms with Crippen LogP contribution in [0.4, 0.5) is 0 Å². The van der Waals surface area contributed by atoms with Gasteiger partial charge in [-0.25, -0.2) is 0 Å². The molecule has 0 aliphatic heterocycles. The van der Waals surface area contributed by atoms with Crippen molar-refractivity contribution in [2.45, 2.75) is 25.8 Å². The van der Waals surface area contributed by atoms with E-state index in [1.165, 1.54) is 12.8 Å². The van der Waals surface area contributed by atoms with Crippen LogP contribution < -0.4 is 10.6 Å². The Balaban J connectivity index is 1.73. The first-order chi connectivity index (χ1) is 8.65. The third-order valence-electron chi connectivity index (χ3n) is 3.20. The second-order valence-corrected chi connectivity index (χ2v) is 5.34. The third kappa shape index (κ3) is 4.31. The fourth-order valence-electron chi connectivity index (χ4n) is 1.78. The summed E-state index contributed by atoms with van der Waals surface area (Å²) in [6, 6.07) is 7.81. The molecular formula is C14H19ClN2O. The summed E-state index contributed by atoms with van der Waals surface area (Å²) in [5, 5.41) is 6.86. The van der Waals surface area contributed by atoms with Gasteiger partial charge in [-0.15, -0.1) is 0 Å². The number of rotatable bonds is 6. The van der Waals surface area contributed by atoms with Crippen molar-refractivity contribution in [1.82, 2.24) is 10.6 Å². The van der Waals surface area contributed by atoms with Crippen LogP contribution in [0.2, 0.25) is 5.02 Å². The molecule has 0 bridgehead atoms. The summed E-state index contributed by atoms with van der Waals surface area (Å²) in [4.78, 5) is 11.6. The number of amides is 1. The molecule has 0 unspecified atom stereocenters. The van der Waals surface area contributed by atoms with Gasteiger partial charge in [-0.3, -0.25) is 4.79 Å². The van der Waals surface area contributed by atoms with E-state index in [0.29, 0.717) is 6.54 Å². The second kappa shape index (κ2) is 6.21. The van der Waals surface area contributed by atoms with E-state index in [9.17, 15) is 4.79 Å². The lowest BCUT2D eigenvalue weighted by molar-refractivity contribution is -0.120. The van der Waals surface area contributed by atoms with E-state index in [1.54, 1.807) is 0 Å². The summed E-state index contributed by atoms with van der Waals surface area (Å²) >= 11 is 5.94. The molecule has 2 N–H and O–H groups in total. The quantitative estimate of drug-likeness (QED) is 0.831.